The maximum atomic E-state index is 5.39. The molecule has 2 aliphatic heterocycles. The minimum absolute atomic E-state index is 0.257. The van der Waals surface area contributed by atoms with E-state index in [2.05, 4.69) is 203 Å². The lowest BCUT2D eigenvalue weighted by molar-refractivity contribution is 0.372. The lowest BCUT2D eigenvalue weighted by atomic mass is 9.90. The van der Waals surface area contributed by atoms with Gasteiger partial charge in [-0.05, 0) is 64.7 Å². The van der Waals surface area contributed by atoms with Gasteiger partial charge in [0.25, 0.3) is 0 Å². The zero-order valence-electron chi connectivity index (χ0n) is 31.8. The third-order valence-electron chi connectivity index (χ3n) is 12.1. The number of hydrogen-bond donors (Lipinski definition) is 0. The summed E-state index contributed by atoms with van der Waals surface area (Å²) in [5, 5.41) is 5.31. The first kappa shape index (κ1) is 33.3. The molecule has 0 saturated carbocycles. The summed E-state index contributed by atoms with van der Waals surface area (Å²) in [4.78, 5) is 14.3. The first-order chi connectivity index (χ1) is 28.7. The number of benzene rings is 7. The summed E-state index contributed by atoms with van der Waals surface area (Å²) in [5.41, 5.74) is 11.7. The molecular weight excluding hydrogens is 727 g/mol. The highest BCUT2D eigenvalue weighted by molar-refractivity contribution is 8.00. The molecule has 7 aromatic carbocycles. The number of allylic oxidation sites excluding steroid dienone is 3. The summed E-state index contributed by atoms with van der Waals surface area (Å²) in [6.45, 7) is 0. The summed E-state index contributed by atoms with van der Waals surface area (Å²) in [5.74, 6) is 1.97. The van der Waals surface area contributed by atoms with Crippen LogP contribution in [-0.4, -0.2) is 38.1 Å². The van der Waals surface area contributed by atoms with E-state index >= 15 is 0 Å². The fourth-order valence-corrected chi connectivity index (χ4v) is 10.7. The predicted molar refractivity (Wildman–Crippen MR) is 243 cm³/mol. The van der Waals surface area contributed by atoms with Crippen LogP contribution in [0.25, 0.3) is 60.4 Å². The van der Waals surface area contributed by atoms with Gasteiger partial charge in [0.05, 0.1) is 22.1 Å². The van der Waals surface area contributed by atoms with Crippen LogP contribution in [-0.2, 0) is 0 Å². The van der Waals surface area contributed by atoms with E-state index in [4.69, 9.17) is 9.98 Å². The molecule has 0 amide bonds. The Balaban J connectivity index is 1.09. The van der Waals surface area contributed by atoms with E-state index in [0.717, 1.165) is 39.6 Å². The molecule has 5 nitrogen and oxygen atoms in total. The van der Waals surface area contributed by atoms with Crippen molar-refractivity contribution in [3.8, 4) is 16.8 Å². The Hall–Kier alpha value is -6.89. The number of aliphatic imine (C=N–C) groups is 2. The Labute approximate surface area is 340 Å². The van der Waals surface area contributed by atoms with Crippen molar-refractivity contribution >= 4 is 67.2 Å². The molecule has 3 unspecified atom stereocenters. The fourth-order valence-electron chi connectivity index (χ4n) is 9.41. The van der Waals surface area contributed by atoms with Gasteiger partial charge in [-0.1, -0.05) is 146 Å². The van der Waals surface area contributed by atoms with Crippen molar-refractivity contribution in [2.75, 3.05) is 7.05 Å². The first-order valence-electron chi connectivity index (χ1n) is 19.9. The molecule has 1 aliphatic carbocycles. The van der Waals surface area contributed by atoms with E-state index < -0.39 is 0 Å². The van der Waals surface area contributed by atoms with Crippen molar-refractivity contribution in [3.63, 3.8) is 0 Å². The van der Waals surface area contributed by atoms with Gasteiger partial charge in [-0.3, -0.25) is 4.57 Å². The topological polar surface area (TPSA) is 37.8 Å². The molecule has 9 aromatic rings. The number of thioether (sulfide) groups is 1. The Morgan fingerprint density at radius 1 is 0.552 bits per heavy atom. The highest BCUT2D eigenvalue weighted by atomic mass is 32.2. The van der Waals surface area contributed by atoms with Gasteiger partial charge in [-0.15, -0.1) is 11.8 Å². The van der Waals surface area contributed by atoms with Crippen LogP contribution in [0.1, 0.15) is 28.8 Å². The highest BCUT2D eigenvalue weighted by Gasteiger charge is 2.32. The quantitative estimate of drug-likeness (QED) is 0.179. The Kier molecular flexibility index (Phi) is 7.50. The molecule has 3 aliphatic rings. The summed E-state index contributed by atoms with van der Waals surface area (Å²) in [7, 11) is 2.11. The van der Waals surface area contributed by atoms with Crippen LogP contribution >= 0.6 is 11.8 Å². The van der Waals surface area contributed by atoms with E-state index in [9.17, 15) is 0 Å². The van der Waals surface area contributed by atoms with Crippen LogP contribution in [0, 0.1) is 0 Å². The van der Waals surface area contributed by atoms with Gasteiger partial charge in [0.15, 0.2) is 12.0 Å². The molecule has 6 heteroatoms. The van der Waals surface area contributed by atoms with Crippen molar-refractivity contribution in [1.82, 2.24) is 14.0 Å². The van der Waals surface area contributed by atoms with Crippen molar-refractivity contribution in [3.05, 3.63) is 205 Å². The largest absolute Gasteiger partial charge is 0.319 e. The molecule has 276 valence electrons. The Morgan fingerprint density at radius 3 is 2.10 bits per heavy atom. The van der Waals surface area contributed by atoms with Gasteiger partial charge in [0.2, 0.25) is 5.96 Å². The van der Waals surface area contributed by atoms with Crippen molar-refractivity contribution < 1.29 is 0 Å². The number of amidine groups is 1. The summed E-state index contributed by atoms with van der Waals surface area (Å²) >= 11 is 1.98. The molecule has 0 radical (unpaired) electrons. The number of para-hydroxylation sites is 2. The Bertz CT molecular complexity index is 3240. The molecule has 0 fully saturated rings. The molecule has 12 rings (SSSR count). The molecule has 0 N–H and O–H groups in total. The van der Waals surface area contributed by atoms with Gasteiger partial charge >= 0.3 is 0 Å². The number of rotatable bonds is 4. The smallest absolute Gasteiger partial charge is 0.214 e. The summed E-state index contributed by atoms with van der Waals surface area (Å²) in [6, 6.07) is 59.2. The van der Waals surface area contributed by atoms with E-state index in [0.29, 0.717) is 11.2 Å². The Morgan fingerprint density at radius 2 is 1.26 bits per heavy atom. The number of hydrogen-bond acceptors (Lipinski definition) is 4. The summed E-state index contributed by atoms with van der Waals surface area (Å²) < 4.78 is 4.83. The second-order valence-corrected chi connectivity index (χ2v) is 16.6. The van der Waals surface area contributed by atoms with E-state index in [1.54, 1.807) is 0 Å². The second-order valence-electron chi connectivity index (χ2n) is 15.4. The fraction of sp³-hybridized carbons (Fsp3) is 0.0769. The molecular formula is C52H37N5S. The summed E-state index contributed by atoms with van der Waals surface area (Å²) in [6.07, 6.45) is 8.82. The van der Waals surface area contributed by atoms with Gasteiger partial charge in [0, 0.05) is 55.9 Å². The standard InChI is InChI=1S/C52H37N5S/c1-55-51(34-17-6-3-7-18-34)53-50(33-15-4-2-5-16-33)54-52(55)57-44-25-12-9-23-41(44)48-45(57)29-28-40-38-21-8-11-24-43(38)56(49(40)48)37-20-14-19-35(31-37)36-27-30-47-42(32-36)39-22-10-13-26-46(39)58-47/h2-32,39,46,51H,1H3. The number of fused-ring (bicyclic) bond motifs is 10. The third-order valence-corrected chi connectivity index (χ3v) is 13.4. The van der Waals surface area contributed by atoms with Crippen LogP contribution in [0.5, 0.6) is 0 Å². The minimum atomic E-state index is -0.257. The molecule has 0 bridgehead atoms. The van der Waals surface area contributed by atoms with Crippen LogP contribution < -0.4 is 0 Å². The molecule has 4 heterocycles. The normalized spacial score (nSPS) is 18.6. The van der Waals surface area contributed by atoms with Crippen LogP contribution in [0.2, 0.25) is 0 Å². The van der Waals surface area contributed by atoms with E-state index in [-0.39, 0.29) is 6.17 Å². The monoisotopic (exact) mass is 763 g/mol. The highest BCUT2D eigenvalue weighted by Crippen LogP contribution is 2.49. The zero-order chi connectivity index (χ0) is 38.3. The zero-order valence-corrected chi connectivity index (χ0v) is 32.6. The van der Waals surface area contributed by atoms with Gasteiger partial charge in [-0.25, -0.2) is 4.99 Å². The van der Waals surface area contributed by atoms with E-state index in [1.165, 1.54) is 54.2 Å². The van der Waals surface area contributed by atoms with Crippen molar-refractivity contribution in [2.24, 2.45) is 9.98 Å². The molecule has 0 saturated heterocycles. The lowest BCUT2D eigenvalue weighted by Gasteiger charge is -2.33. The SMILES string of the molecule is CN1C(n2c3ccccc3c3c2ccc2c4ccccc4n(-c4cccc(-c5ccc6c(c5)C5C=CC=CC5S6)c4)c23)=NC(c2ccccc2)=NC1c1ccccc1. The number of aromatic nitrogens is 2. The first-order valence-corrected chi connectivity index (χ1v) is 20.8. The van der Waals surface area contributed by atoms with Crippen LogP contribution in [0.3, 0.4) is 0 Å². The minimum Gasteiger partial charge on any atom is -0.319 e. The lowest BCUT2D eigenvalue weighted by Crippen LogP contribution is -2.39. The van der Waals surface area contributed by atoms with Crippen LogP contribution in [0.15, 0.2) is 203 Å². The average Bonchev–Trinajstić information content (AvgIpc) is 3.94. The second kappa shape index (κ2) is 13.1. The maximum Gasteiger partial charge on any atom is 0.214 e. The molecule has 3 atom stereocenters. The molecule has 0 spiro atoms. The van der Waals surface area contributed by atoms with Gasteiger partial charge in [0.1, 0.15) is 0 Å². The average molecular weight is 764 g/mol. The van der Waals surface area contributed by atoms with E-state index in [1.807, 2.05) is 17.8 Å². The van der Waals surface area contributed by atoms with Crippen molar-refractivity contribution in [2.45, 2.75) is 22.2 Å². The van der Waals surface area contributed by atoms with Gasteiger partial charge < -0.3 is 9.47 Å². The molecule has 58 heavy (non-hydrogen) atoms. The number of nitrogens with zero attached hydrogens (tertiary/aromatic N) is 5. The van der Waals surface area contributed by atoms with Gasteiger partial charge in [-0.2, -0.15) is 4.99 Å². The third kappa shape index (κ3) is 5.04. The maximum absolute atomic E-state index is 5.39. The predicted octanol–water partition coefficient (Wildman–Crippen LogP) is 12.5. The van der Waals surface area contributed by atoms with Crippen molar-refractivity contribution in [1.29, 1.82) is 0 Å². The molecule has 2 aromatic heterocycles. The van der Waals surface area contributed by atoms with Crippen LogP contribution in [0.4, 0.5) is 0 Å².